The quantitative estimate of drug-likeness (QED) is 0.760. The molecule has 0 spiro atoms. The summed E-state index contributed by atoms with van der Waals surface area (Å²) in [6.07, 6.45) is 5.55. The second-order valence-electron chi connectivity index (χ2n) is 6.13. The second-order valence-corrected chi connectivity index (χ2v) is 6.13. The van der Waals surface area contributed by atoms with E-state index in [1.54, 1.807) is 29.2 Å². The predicted molar refractivity (Wildman–Crippen MR) is 91.1 cm³/mol. The summed E-state index contributed by atoms with van der Waals surface area (Å²) in [5.41, 5.74) is 1.48. The van der Waals surface area contributed by atoms with Crippen LogP contribution in [0.3, 0.4) is 0 Å². The van der Waals surface area contributed by atoms with Gasteiger partial charge in [0.15, 0.2) is 0 Å². The van der Waals surface area contributed by atoms with E-state index in [0.29, 0.717) is 23.5 Å². The van der Waals surface area contributed by atoms with Crippen molar-refractivity contribution < 1.29 is 18.4 Å². The van der Waals surface area contributed by atoms with Gasteiger partial charge in [-0.25, -0.2) is 4.39 Å². The first-order chi connectivity index (χ1) is 12.7. The van der Waals surface area contributed by atoms with Crippen molar-refractivity contribution in [1.82, 2.24) is 14.9 Å². The average molecular weight is 356 g/mol. The highest BCUT2D eigenvalue weighted by molar-refractivity contribution is 6.02. The number of halogens is 1. The van der Waals surface area contributed by atoms with Gasteiger partial charge in [-0.2, -0.15) is 5.10 Å². The minimum Gasteiger partial charge on any atom is -0.376 e. The smallest absolute Gasteiger partial charge is 0.294 e. The van der Waals surface area contributed by atoms with Gasteiger partial charge >= 0.3 is 0 Å². The molecule has 8 heteroatoms. The molecule has 0 radical (unpaired) electrons. The number of aromatic nitrogens is 3. The molecule has 1 aliphatic rings. The molecule has 1 N–H and O–H groups in total. The van der Waals surface area contributed by atoms with Gasteiger partial charge in [-0.1, -0.05) is 17.3 Å². The molecule has 26 heavy (non-hydrogen) atoms. The predicted octanol–water partition coefficient (Wildman–Crippen LogP) is 3.11. The minimum absolute atomic E-state index is 0.0381. The first kappa shape index (κ1) is 16.5. The summed E-state index contributed by atoms with van der Waals surface area (Å²) in [6, 6.07) is 7.40. The normalized spacial score (nSPS) is 16.7. The standard InChI is InChI=1S/C18H17FN4O3/c19-13-4-1-3-12(7-13)16-8-17(26-22-16)18(24)21-14-9-20-23(10-14)11-15-5-2-6-25-15/h1,3-4,7-10,15H,2,5-6,11H2,(H,21,24)/t15-/m0/s1. The molecule has 3 aromatic rings. The van der Waals surface area contributed by atoms with Gasteiger partial charge in [-0.15, -0.1) is 0 Å². The second kappa shape index (κ2) is 7.09. The van der Waals surface area contributed by atoms with Crippen LogP contribution < -0.4 is 5.32 Å². The summed E-state index contributed by atoms with van der Waals surface area (Å²) in [7, 11) is 0. The van der Waals surface area contributed by atoms with Crippen molar-refractivity contribution in [3.05, 3.63) is 54.3 Å². The van der Waals surface area contributed by atoms with E-state index >= 15 is 0 Å². The lowest BCUT2D eigenvalue weighted by Gasteiger charge is -2.08. The maximum Gasteiger partial charge on any atom is 0.294 e. The molecule has 0 aliphatic carbocycles. The van der Waals surface area contributed by atoms with E-state index in [4.69, 9.17) is 9.26 Å². The van der Waals surface area contributed by atoms with E-state index in [1.165, 1.54) is 18.2 Å². The van der Waals surface area contributed by atoms with Crippen LogP contribution in [0.15, 0.2) is 47.2 Å². The number of nitrogens with one attached hydrogen (secondary N) is 1. The molecule has 0 unspecified atom stereocenters. The van der Waals surface area contributed by atoms with E-state index in [9.17, 15) is 9.18 Å². The Hall–Kier alpha value is -3.00. The fraction of sp³-hybridized carbons (Fsp3) is 0.278. The lowest BCUT2D eigenvalue weighted by molar-refractivity contribution is 0.0940. The zero-order valence-electron chi connectivity index (χ0n) is 13.9. The van der Waals surface area contributed by atoms with Crippen LogP contribution in [-0.4, -0.2) is 33.6 Å². The fourth-order valence-electron chi connectivity index (χ4n) is 2.88. The van der Waals surface area contributed by atoms with Crippen molar-refractivity contribution >= 4 is 11.6 Å². The van der Waals surface area contributed by atoms with Gasteiger partial charge in [-0.3, -0.25) is 9.48 Å². The molecule has 4 rings (SSSR count). The topological polar surface area (TPSA) is 82.2 Å². The summed E-state index contributed by atoms with van der Waals surface area (Å²) >= 11 is 0. The molecule has 1 saturated heterocycles. The lowest BCUT2D eigenvalue weighted by atomic mass is 10.1. The molecular formula is C18H17FN4O3. The van der Waals surface area contributed by atoms with Gasteiger partial charge in [-0.05, 0) is 25.0 Å². The SMILES string of the molecule is O=C(Nc1cnn(C[C@@H]2CCCO2)c1)c1cc(-c2cccc(F)c2)no1. The summed E-state index contributed by atoms with van der Waals surface area (Å²) in [5.74, 6) is -0.789. The van der Waals surface area contributed by atoms with Crippen LogP contribution in [0.1, 0.15) is 23.4 Å². The van der Waals surface area contributed by atoms with Crippen molar-refractivity contribution in [3.63, 3.8) is 0 Å². The Labute approximate surface area is 148 Å². The first-order valence-electron chi connectivity index (χ1n) is 8.35. The van der Waals surface area contributed by atoms with E-state index in [2.05, 4.69) is 15.6 Å². The van der Waals surface area contributed by atoms with Crippen LogP contribution in [0.5, 0.6) is 0 Å². The van der Waals surface area contributed by atoms with Crippen LogP contribution in [0, 0.1) is 5.82 Å². The molecule has 1 amide bonds. The number of nitrogens with zero attached hydrogens (tertiary/aromatic N) is 3. The lowest BCUT2D eigenvalue weighted by Crippen LogP contribution is -2.15. The summed E-state index contributed by atoms with van der Waals surface area (Å²) < 4.78 is 25.7. The number of carbonyl (C=O) groups excluding carboxylic acids is 1. The highest BCUT2D eigenvalue weighted by atomic mass is 19.1. The number of hydrogen-bond donors (Lipinski definition) is 1. The van der Waals surface area contributed by atoms with Gasteiger partial charge < -0.3 is 14.6 Å². The van der Waals surface area contributed by atoms with E-state index in [-0.39, 0.29) is 17.7 Å². The number of amides is 1. The maximum absolute atomic E-state index is 13.3. The van der Waals surface area contributed by atoms with Gasteiger partial charge in [0.2, 0.25) is 5.76 Å². The molecule has 7 nitrogen and oxygen atoms in total. The molecule has 2 aromatic heterocycles. The molecule has 0 bridgehead atoms. The summed E-state index contributed by atoms with van der Waals surface area (Å²) in [6.45, 7) is 1.44. The Balaban J connectivity index is 1.41. The molecule has 1 aromatic carbocycles. The largest absolute Gasteiger partial charge is 0.376 e. The van der Waals surface area contributed by atoms with Crippen LogP contribution >= 0.6 is 0 Å². The summed E-state index contributed by atoms with van der Waals surface area (Å²) in [4.78, 5) is 12.3. The van der Waals surface area contributed by atoms with Crippen molar-refractivity contribution in [3.8, 4) is 11.3 Å². The Kier molecular flexibility index (Phi) is 4.49. The van der Waals surface area contributed by atoms with Crippen LogP contribution in [-0.2, 0) is 11.3 Å². The van der Waals surface area contributed by atoms with Crippen LogP contribution in [0.25, 0.3) is 11.3 Å². The third-order valence-corrected chi connectivity index (χ3v) is 4.16. The molecular weight excluding hydrogens is 339 g/mol. The first-order valence-corrected chi connectivity index (χ1v) is 8.35. The number of benzene rings is 1. The number of rotatable bonds is 5. The highest BCUT2D eigenvalue weighted by Gasteiger charge is 2.18. The van der Waals surface area contributed by atoms with E-state index < -0.39 is 5.91 Å². The molecule has 1 atom stereocenters. The number of ether oxygens (including phenoxy) is 1. The molecule has 134 valence electrons. The minimum atomic E-state index is -0.447. The van der Waals surface area contributed by atoms with Crippen LogP contribution in [0.4, 0.5) is 10.1 Å². The van der Waals surface area contributed by atoms with Crippen molar-refractivity contribution in [2.75, 3.05) is 11.9 Å². The van der Waals surface area contributed by atoms with Gasteiger partial charge in [0.1, 0.15) is 11.5 Å². The zero-order valence-corrected chi connectivity index (χ0v) is 13.9. The van der Waals surface area contributed by atoms with Crippen molar-refractivity contribution in [1.29, 1.82) is 0 Å². The summed E-state index contributed by atoms with van der Waals surface area (Å²) in [5, 5.41) is 10.8. The molecule has 1 aliphatic heterocycles. The van der Waals surface area contributed by atoms with Gasteiger partial charge in [0.05, 0.1) is 24.5 Å². The van der Waals surface area contributed by atoms with Gasteiger partial charge in [0.25, 0.3) is 5.91 Å². The molecule has 3 heterocycles. The Morgan fingerprint density at radius 1 is 1.38 bits per heavy atom. The Morgan fingerprint density at radius 3 is 3.12 bits per heavy atom. The van der Waals surface area contributed by atoms with E-state index in [1.807, 2.05) is 0 Å². The van der Waals surface area contributed by atoms with E-state index in [0.717, 1.165) is 19.4 Å². The monoisotopic (exact) mass is 356 g/mol. The Bertz CT molecular complexity index is 915. The highest BCUT2D eigenvalue weighted by Crippen LogP contribution is 2.21. The van der Waals surface area contributed by atoms with Crippen molar-refractivity contribution in [2.24, 2.45) is 0 Å². The fourth-order valence-corrected chi connectivity index (χ4v) is 2.88. The number of hydrogen-bond acceptors (Lipinski definition) is 5. The maximum atomic E-state index is 13.3. The van der Waals surface area contributed by atoms with Gasteiger partial charge in [0, 0.05) is 24.4 Å². The number of anilines is 1. The molecule has 1 fully saturated rings. The average Bonchev–Trinajstić information content (AvgIpc) is 3.37. The van der Waals surface area contributed by atoms with Crippen molar-refractivity contribution in [2.45, 2.75) is 25.5 Å². The third-order valence-electron chi connectivity index (χ3n) is 4.16. The number of carbonyl (C=O) groups is 1. The zero-order chi connectivity index (χ0) is 17.9. The Morgan fingerprint density at radius 2 is 2.31 bits per heavy atom. The van der Waals surface area contributed by atoms with Crippen LogP contribution in [0.2, 0.25) is 0 Å². The third kappa shape index (κ3) is 3.65. The molecule has 0 saturated carbocycles.